The van der Waals surface area contributed by atoms with Crippen LogP contribution in [0.2, 0.25) is 0 Å². The van der Waals surface area contributed by atoms with Crippen LogP contribution in [0.1, 0.15) is 47.0 Å². The first-order valence-electron chi connectivity index (χ1n) is 6.08. The van der Waals surface area contributed by atoms with Gasteiger partial charge in [0.05, 0.1) is 0 Å². The molecule has 0 bridgehead atoms. The first-order valence-corrected chi connectivity index (χ1v) is 6.08. The summed E-state index contributed by atoms with van der Waals surface area (Å²) in [5, 5.41) is 0. The van der Waals surface area contributed by atoms with Crippen molar-refractivity contribution in [2.75, 3.05) is 13.1 Å². The third-order valence-electron chi connectivity index (χ3n) is 2.47. The van der Waals surface area contributed by atoms with Gasteiger partial charge in [-0.1, -0.05) is 25.0 Å². The lowest BCUT2D eigenvalue weighted by molar-refractivity contribution is 0.0299. The van der Waals surface area contributed by atoms with Crippen molar-refractivity contribution in [1.29, 1.82) is 0 Å². The Morgan fingerprint density at radius 3 is 2.75 bits per heavy atom. The van der Waals surface area contributed by atoms with Crippen molar-refractivity contribution in [2.24, 2.45) is 0 Å². The molecule has 0 unspecified atom stereocenters. The zero-order chi connectivity index (χ0) is 12.2. The zero-order valence-electron chi connectivity index (χ0n) is 10.9. The molecule has 1 aliphatic heterocycles. The number of hydrogen-bond donors (Lipinski definition) is 0. The number of amides is 1. The van der Waals surface area contributed by atoms with Crippen molar-refractivity contribution in [3.63, 3.8) is 0 Å². The molecule has 0 N–H and O–H groups in total. The van der Waals surface area contributed by atoms with E-state index in [1.54, 1.807) is 4.90 Å². The highest BCUT2D eigenvalue weighted by atomic mass is 16.6. The van der Waals surface area contributed by atoms with Crippen LogP contribution in [0.15, 0.2) is 11.6 Å². The quantitative estimate of drug-likeness (QED) is 0.674. The number of carbonyl (C=O) groups excluding carboxylic acids is 1. The highest BCUT2D eigenvalue weighted by Gasteiger charge is 2.26. The van der Waals surface area contributed by atoms with Crippen LogP contribution in [0, 0.1) is 0 Å². The van der Waals surface area contributed by atoms with Crippen molar-refractivity contribution in [2.45, 2.75) is 52.6 Å². The highest BCUT2D eigenvalue weighted by molar-refractivity contribution is 5.69. The highest BCUT2D eigenvalue weighted by Crippen LogP contribution is 2.19. The maximum absolute atomic E-state index is 11.8. The van der Waals surface area contributed by atoms with E-state index in [4.69, 9.17) is 4.74 Å². The summed E-state index contributed by atoms with van der Waals surface area (Å²) >= 11 is 0. The van der Waals surface area contributed by atoms with Gasteiger partial charge in [-0.15, -0.1) is 0 Å². The maximum Gasteiger partial charge on any atom is 0.410 e. The summed E-state index contributed by atoms with van der Waals surface area (Å²) in [7, 11) is 0. The molecule has 16 heavy (non-hydrogen) atoms. The minimum absolute atomic E-state index is 0.188. The van der Waals surface area contributed by atoms with Crippen molar-refractivity contribution in [3.05, 3.63) is 11.6 Å². The van der Waals surface area contributed by atoms with Crippen molar-refractivity contribution in [3.8, 4) is 0 Å². The van der Waals surface area contributed by atoms with E-state index >= 15 is 0 Å². The fourth-order valence-electron chi connectivity index (χ4n) is 1.68. The SMILES string of the molecule is CCC/C=C1/CCN(C(=O)OC(C)(C)C)C1. The van der Waals surface area contributed by atoms with Gasteiger partial charge in [-0.25, -0.2) is 4.79 Å². The van der Waals surface area contributed by atoms with Gasteiger partial charge in [0.25, 0.3) is 0 Å². The summed E-state index contributed by atoms with van der Waals surface area (Å²) in [6.07, 6.45) is 5.34. The number of likely N-dealkylation sites (tertiary alicyclic amines) is 1. The van der Waals surface area contributed by atoms with Crippen LogP contribution < -0.4 is 0 Å². The molecular formula is C13H23NO2. The van der Waals surface area contributed by atoms with Gasteiger partial charge in [-0.05, 0) is 33.6 Å². The Labute approximate surface area is 98.5 Å². The summed E-state index contributed by atoms with van der Waals surface area (Å²) in [6.45, 7) is 9.40. The lowest BCUT2D eigenvalue weighted by atomic mass is 10.2. The van der Waals surface area contributed by atoms with Gasteiger partial charge in [0, 0.05) is 13.1 Å². The summed E-state index contributed by atoms with van der Waals surface area (Å²) < 4.78 is 5.33. The smallest absolute Gasteiger partial charge is 0.410 e. The van der Waals surface area contributed by atoms with Crippen LogP contribution in [-0.4, -0.2) is 29.7 Å². The van der Waals surface area contributed by atoms with Crippen LogP contribution in [0.4, 0.5) is 4.79 Å². The second kappa shape index (κ2) is 5.37. The Bertz CT molecular complexity index is 276. The molecule has 0 saturated carbocycles. The van der Waals surface area contributed by atoms with Crippen LogP contribution in [0.25, 0.3) is 0 Å². The maximum atomic E-state index is 11.8. The number of allylic oxidation sites excluding steroid dienone is 1. The van der Waals surface area contributed by atoms with Crippen LogP contribution in [0.3, 0.4) is 0 Å². The van der Waals surface area contributed by atoms with E-state index in [1.807, 2.05) is 20.8 Å². The van der Waals surface area contributed by atoms with Crippen LogP contribution in [0.5, 0.6) is 0 Å². The fourth-order valence-corrected chi connectivity index (χ4v) is 1.68. The lowest BCUT2D eigenvalue weighted by Gasteiger charge is -2.23. The normalized spacial score (nSPS) is 19.2. The minimum atomic E-state index is -0.396. The molecule has 0 aliphatic carbocycles. The molecule has 1 heterocycles. The molecule has 0 atom stereocenters. The Hall–Kier alpha value is -0.990. The van der Waals surface area contributed by atoms with E-state index in [1.165, 1.54) is 5.57 Å². The standard InChI is InChI=1S/C13H23NO2/c1-5-6-7-11-8-9-14(10-11)12(15)16-13(2,3)4/h7H,5-6,8-10H2,1-4H3/b11-7-. The van der Waals surface area contributed by atoms with Gasteiger partial charge in [0.2, 0.25) is 0 Å². The minimum Gasteiger partial charge on any atom is -0.444 e. The molecule has 92 valence electrons. The summed E-state index contributed by atoms with van der Waals surface area (Å²) in [4.78, 5) is 13.5. The first kappa shape index (κ1) is 13.1. The molecule has 0 aromatic rings. The van der Waals surface area contributed by atoms with Crippen LogP contribution >= 0.6 is 0 Å². The number of nitrogens with zero attached hydrogens (tertiary/aromatic N) is 1. The predicted molar refractivity (Wildman–Crippen MR) is 65.4 cm³/mol. The number of hydrogen-bond acceptors (Lipinski definition) is 2. The van der Waals surface area contributed by atoms with Gasteiger partial charge in [0.1, 0.15) is 5.60 Å². The van der Waals surface area contributed by atoms with E-state index in [0.717, 1.165) is 32.4 Å². The molecule has 1 rings (SSSR count). The molecule has 0 aromatic heterocycles. The van der Waals surface area contributed by atoms with E-state index in [0.29, 0.717) is 0 Å². The topological polar surface area (TPSA) is 29.5 Å². The van der Waals surface area contributed by atoms with Gasteiger partial charge < -0.3 is 9.64 Å². The molecule has 1 saturated heterocycles. The predicted octanol–water partition coefficient (Wildman–Crippen LogP) is 3.35. The van der Waals surface area contributed by atoms with Gasteiger partial charge >= 0.3 is 6.09 Å². The average Bonchev–Trinajstić information content (AvgIpc) is 2.60. The van der Waals surface area contributed by atoms with E-state index < -0.39 is 5.60 Å². The van der Waals surface area contributed by atoms with Gasteiger partial charge in [0.15, 0.2) is 0 Å². The van der Waals surface area contributed by atoms with E-state index in [9.17, 15) is 4.79 Å². The third-order valence-corrected chi connectivity index (χ3v) is 2.47. The third kappa shape index (κ3) is 4.25. The fraction of sp³-hybridized carbons (Fsp3) is 0.769. The molecule has 1 fully saturated rings. The second-order valence-electron chi connectivity index (χ2n) is 5.30. The van der Waals surface area contributed by atoms with Crippen LogP contribution in [-0.2, 0) is 4.74 Å². The van der Waals surface area contributed by atoms with E-state index in [2.05, 4.69) is 13.0 Å². The Kier molecular flexibility index (Phi) is 4.39. The largest absolute Gasteiger partial charge is 0.444 e. The average molecular weight is 225 g/mol. The van der Waals surface area contributed by atoms with Crippen molar-refractivity contribution in [1.82, 2.24) is 4.90 Å². The Morgan fingerprint density at radius 2 is 2.19 bits per heavy atom. The van der Waals surface area contributed by atoms with Crippen molar-refractivity contribution >= 4 is 6.09 Å². The first-order chi connectivity index (χ1) is 7.42. The second-order valence-corrected chi connectivity index (χ2v) is 5.30. The van der Waals surface area contributed by atoms with Gasteiger partial charge in [-0.2, -0.15) is 0 Å². The summed E-state index contributed by atoms with van der Waals surface area (Å²) in [5.41, 5.74) is 0.972. The van der Waals surface area contributed by atoms with E-state index in [-0.39, 0.29) is 6.09 Å². The van der Waals surface area contributed by atoms with Crippen molar-refractivity contribution < 1.29 is 9.53 Å². The monoisotopic (exact) mass is 225 g/mol. The Balaban J connectivity index is 2.44. The molecular weight excluding hydrogens is 202 g/mol. The lowest BCUT2D eigenvalue weighted by Crippen LogP contribution is -2.34. The summed E-state index contributed by atoms with van der Waals surface area (Å²) in [5.74, 6) is 0. The zero-order valence-corrected chi connectivity index (χ0v) is 10.9. The number of carbonyl (C=O) groups is 1. The molecule has 0 radical (unpaired) electrons. The molecule has 1 amide bonds. The number of rotatable bonds is 2. The Morgan fingerprint density at radius 1 is 1.50 bits per heavy atom. The summed E-state index contributed by atoms with van der Waals surface area (Å²) in [6, 6.07) is 0. The molecule has 3 heteroatoms. The molecule has 3 nitrogen and oxygen atoms in total. The molecule has 1 aliphatic rings. The van der Waals surface area contributed by atoms with Gasteiger partial charge in [-0.3, -0.25) is 0 Å². The number of ether oxygens (including phenoxy) is 1. The molecule has 0 spiro atoms. The molecule has 0 aromatic carbocycles. The number of unbranched alkanes of at least 4 members (excludes halogenated alkanes) is 1.